The summed E-state index contributed by atoms with van der Waals surface area (Å²) in [4.78, 5) is 13.6. The van der Waals surface area contributed by atoms with Gasteiger partial charge in [-0.3, -0.25) is 4.90 Å². The van der Waals surface area contributed by atoms with Gasteiger partial charge in [-0.1, -0.05) is 30.3 Å². The van der Waals surface area contributed by atoms with Crippen LogP contribution in [0.25, 0.3) is 0 Å². The third-order valence-electron chi connectivity index (χ3n) is 3.09. The Morgan fingerprint density at radius 3 is 2.42 bits per heavy atom. The number of rotatable bonds is 6. The number of aliphatic hydroxyl groups is 1. The van der Waals surface area contributed by atoms with Crippen molar-refractivity contribution in [2.24, 2.45) is 0 Å². The monoisotopic (exact) mass is 265 g/mol. The first kappa shape index (κ1) is 15.7. The van der Waals surface area contributed by atoms with Crippen LogP contribution < -0.4 is 0 Å². The molecule has 0 saturated carbocycles. The van der Waals surface area contributed by atoms with Crippen LogP contribution in [0.15, 0.2) is 30.3 Å². The molecule has 0 saturated heterocycles. The molecule has 0 aliphatic heterocycles. The first-order valence-corrected chi connectivity index (χ1v) is 6.45. The number of esters is 1. The maximum Gasteiger partial charge on any atom is 0.338 e. The minimum Gasteiger partial charge on any atom is -0.467 e. The van der Waals surface area contributed by atoms with Gasteiger partial charge in [0.1, 0.15) is 0 Å². The van der Waals surface area contributed by atoms with Gasteiger partial charge in [-0.25, -0.2) is 4.79 Å². The second-order valence-corrected chi connectivity index (χ2v) is 5.25. The average molecular weight is 265 g/mol. The number of benzene rings is 1. The first-order valence-electron chi connectivity index (χ1n) is 6.45. The molecule has 0 spiro atoms. The van der Waals surface area contributed by atoms with Gasteiger partial charge < -0.3 is 9.84 Å². The van der Waals surface area contributed by atoms with Gasteiger partial charge in [0.2, 0.25) is 0 Å². The maximum atomic E-state index is 11.5. The van der Waals surface area contributed by atoms with E-state index in [2.05, 4.69) is 4.74 Å². The Morgan fingerprint density at radius 2 is 1.95 bits per heavy atom. The Bertz CT molecular complexity index is 401. The third-order valence-corrected chi connectivity index (χ3v) is 3.09. The summed E-state index contributed by atoms with van der Waals surface area (Å²) < 4.78 is 4.63. The van der Waals surface area contributed by atoms with Crippen LogP contribution in [0.5, 0.6) is 0 Å². The van der Waals surface area contributed by atoms with E-state index in [9.17, 15) is 9.90 Å². The van der Waals surface area contributed by atoms with Crippen LogP contribution in [-0.4, -0.2) is 41.3 Å². The predicted molar refractivity (Wildman–Crippen MR) is 74.6 cm³/mol. The second kappa shape index (κ2) is 6.68. The molecule has 1 atom stereocenters. The van der Waals surface area contributed by atoms with Crippen LogP contribution in [0, 0.1) is 0 Å². The minimum atomic E-state index is -1.49. The number of nitrogens with zero attached hydrogens (tertiary/aromatic N) is 1. The van der Waals surface area contributed by atoms with Crippen molar-refractivity contribution in [2.45, 2.75) is 39.0 Å². The molecule has 0 aliphatic rings. The SMILES string of the molecule is COC(=O)C(C)(O)CN(Cc1ccccc1)C(C)C. The summed E-state index contributed by atoms with van der Waals surface area (Å²) in [5, 5.41) is 10.2. The van der Waals surface area contributed by atoms with Crippen molar-refractivity contribution >= 4 is 5.97 Å². The Morgan fingerprint density at radius 1 is 1.37 bits per heavy atom. The van der Waals surface area contributed by atoms with Crippen LogP contribution in [0.2, 0.25) is 0 Å². The van der Waals surface area contributed by atoms with Crippen molar-refractivity contribution in [2.75, 3.05) is 13.7 Å². The number of ether oxygens (including phenoxy) is 1. The summed E-state index contributed by atoms with van der Waals surface area (Å²) in [6, 6.07) is 10.2. The van der Waals surface area contributed by atoms with Crippen molar-refractivity contribution < 1.29 is 14.6 Å². The van der Waals surface area contributed by atoms with E-state index < -0.39 is 11.6 Å². The van der Waals surface area contributed by atoms with E-state index in [1.165, 1.54) is 14.0 Å². The van der Waals surface area contributed by atoms with E-state index >= 15 is 0 Å². The molecule has 4 nitrogen and oxygen atoms in total. The van der Waals surface area contributed by atoms with Gasteiger partial charge in [0.05, 0.1) is 7.11 Å². The van der Waals surface area contributed by atoms with Crippen molar-refractivity contribution in [1.82, 2.24) is 4.90 Å². The Kier molecular flexibility index (Phi) is 5.51. The molecule has 0 aliphatic carbocycles. The second-order valence-electron chi connectivity index (χ2n) is 5.25. The van der Waals surface area contributed by atoms with E-state index in [1.807, 2.05) is 49.1 Å². The molecule has 1 aromatic rings. The largest absolute Gasteiger partial charge is 0.467 e. The number of hydrogen-bond acceptors (Lipinski definition) is 4. The van der Waals surface area contributed by atoms with Crippen molar-refractivity contribution in [3.63, 3.8) is 0 Å². The fourth-order valence-corrected chi connectivity index (χ4v) is 1.92. The lowest BCUT2D eigenvalue weighted by Gasteiger charge is -2.32. The quantitative estimate of drug-likeness (QED) is 0.797. The topological polar surface area (TPSA) is 49.8 Å². The molecule has 0 radical (unpaired) electrons. The van der Waals surface area contributed by atoms with E-state index in [0.29, 0.717) is 6.54 Å². The van der Waals surface area contributed by atoms with E-state index in [4.69, 9.17) is 0 Å². The zero-order valence-corrected chi connectivity index (χ0v) is 12.1. The molecule has 1 unspecified atom stereocenters. The maximum absolute atomic E-state index is 11.5. The highest BCUT2D eigenvalue weighted by molar-refractivity contribution is 5.78. The minimum absolute atomic E-state index is 0.219. The number of carbonyl (C=O) groups excluding carboxylic acids is 1. The Labute approximate surface area is 115 Å². The molecular weight excluding hydrogens is 242 g/mol. The summed E-state index contributed by atoms with van der Waals surface area (Å²) in [5.41, 5.74) is -0.342. The van der Waals surface area contributed by atoms with Crippen molar-refractivity contribution in [1.29, 1.82) is 0 Å². The fraction of sp³-hybridized carbons (Fsp3) is 0.533. The van der Waals surface area contributed by atoms with Crippen LogP contribution in [0.3, 0.4) is 0 Å². The highest BCUT2D eigenvalue weighted by atomic mass is 16.5. The van der Waals surface area contributed by atoms with Gasteiger partial charge in [-0.05, 0) is 26.3 Å². The fourth-order valence-electron chi connectivity index (χ4n) is 1.92. The Hall–Kier alpha value is -1.39. The lowest BCUT2D eigenvalue weighted by molar-refractivity contribution is -0.162. The van der Waals surface area contributed by atoms with Crippen LogP contribution in [-0.2, 0) is 16.1 Å². The number of methoxy groups -OCH3 is 1. The molecule has 1 rings (SSSR count). The van der Waals surface area contributed by atoms with Gasteiger partial charge >= 0.3 is 5.97 Å². The van der Waals surface area contributed by atoms with E-state index in [0.717, 1.165) is 5.56 Å². The van der Waals surface area contributed by atoms with Gasteiger partial charge in [0, 0.05) is 19.1 Å². The molecular formula is C15H23NO3. The van der Waals surface area contributed by atoms with Crippen LogP contribution in [0.4, 0.5) is 0 Å². The lowest BCUT2D eigenvalue weighted by Crippen LogP contribution is -2.49. The highest BCUT2D eigenvalue weighted by Crippen LogP contribution is 2.14. The van der Waals surface area contributed by atoms with Crippen molar-refractivity contribution in [3.05, 3.63) is 35.9 Å². The normalized spacial score (nSPS) is 14.5. The molecule has 0 heterocycles. The van der Waals surface area contributed by atoms with Crippen LogP contribution in [0.1, 0.15) is 26.3 Å². The molecule has 0 amide bonds. The highest BCUT2D eigenvalue weighted by Gasteiger charge is 2.34. The summed E-state index contributed by atoms with van der Waals surface area (Å²) in [6.45, 7) is 6.49. The number of carbonyl (C=O) groups is 1. The lowest BCUT2D eigenvalue weighted by atomic mass is 10.0. The molecule has 0 fully saturated rings. The molecule has 0 bridgehead atoms. The van der Waals surface area contributed by atoms with Gasteiger partial charge in [0.25, 0.3) is 0 Å². The predicted octanol–water partition coefficient (Wildman–Crippen LogP) is 1.82. The molecule has 19 heavy (non-hydrogen) atoms. The Balaban J connectivity index is 2.76. The average Bonchev–Trinajstić information content (AvgIpc) is 2.37. The van der Waals surface area contributed by atoms with Gasteiger partial charge in [-0.2, -0.15) is 0 Å². The van der Waals surface area contributed by atoms with E-state index in [1.54, 1.807) is 0 Å². The van der Waals surface area contributed by atoms with Gasteiger partial charge in [-0.15, -0.1) is 0 Å². The molecule has 0 aromatic heterocycles. The summed E-state index contributed by atoms with van der Waals surface area (Å²) in [6.07, 6.45) is 0. The zero-order valence-electron chi connectivity index (χ0n) is 12.1. The van der Waals surface area contributed by atoms with Gasteiger partial charge in [0.15, 0.2) is 5.60 Å². The summed E-state index contributed by atoms with van der Waals surface area (Å²) in [5.74, 6) is -0.605. The van der Waals surface area contributed by atoms with Crippen LogP contribution >= 0.6 is 0 Å². The van der Waals surface area contributed by atoms with E-state index in [-0.39, 0.29) is 12.6 Å². The summed E-state index contributed by atoms with van der Waals surface area (Å²) >= 11 is 0. The number of hydrogen-bond donors (Lipinski definition) is 1. The summed E-state index contributed by atoms with van der Waals surface area (Å²) in [7, 11) is 1.29. The molecule has 1 N–H and O–H groups in total. The molecule has 4 heteroatoms. The molecule has 106 valence electrons. The first-order chi connectivity index (χ1) is 8.86. The molecule has 1 aromatic carbocycles. The standard InChI is InChI=1S/C15H23NO3/c1-12(2)16(10-13-8-6-5-7-9-13)11-15(3,18)14(17)19-4/h5-9,12,18H,10-11H2,1-4H3. The zero-order chi connectivity index (χ0) is 14.5. The van der Waals surface area contributed by atoms with Crippen molar-refractivity contribution in [3.8, 4) is 0 Å². The third kappa shape index (κ3) is 4.65. The smallest absolute Gasteiger partial charge is 0.338 e.